The first kappa shape index (κ1) is 15.1. The highest BCUT2D eigenvalue weighted by Gasteiger charge is 2.18. The summed E-state index contributed by atoms with van der Waals surface area (Å²) in [6.07, 6.45) is 1.84. The van der Waals surface area contributed by atoms with Crippen LogP contribution in [0.3, 0.4) is 0 Å². The summed E-state index contributed by atoms with van der Waals surface area (Å²) in [5.41, 5.74) is 1.59. The minimum Gasteiger partial charge on any atom is -0.361 e. The molecular weight excluding hydrogens is 266 g/mol. The van der Waals surface area contributed by atoms with Gasteiger partial charge in [-0.1, -0.05) is 0 Å². The maximum Gasteiger partial charge on any atom is 0.254 e. The molecule has 2 rings (SSSR count). The minimum absolute atomic E-state index is 0.0291. The summed E-state index contributed by atoms with van der Waals surface area (Å²) >= 11 is 0. The van der Waals surface area contributed by atoms with Crippen molar-refractivity contribution in [2.24, 2.45) is 0 Å². The number of nitrogens with zero attached hydrogens (tertiary/aromatic N) is 2. The van der Waals surface area contributed by atoms with Crippen LogP contribution in [0.25, 0.3) is 10.9 Å². The Bertz CT molecular complexity index is 644. The number of H-pyrrole nitrogens is 1. The average Bonchev–Trinajstić information content (AvgIpc) is 2.94. The van der Waals surface area contributed by atoms with Crippen molar-refractivity contribution < 1.29 is 9.59 Å². The van der Waals surface area contributed by atoms with Crippen molar-refractivity contribution in [1.82, 2.24) is 14.8 Å². The highest BCUT2D eigenvalue weighted by Crippen LogP contribution is 2.15. The lowest BCUT2D eigenvalue weighted by atomic mass is 10.1. The van der Waals surface area contributed by atoms with Crippen molar-refractivity contribution in [3.8, 4) is 0 Å². The Morgan fingerprint density at radius 2 is 1.86 bits per heavy atom. The SMILES string of the molecule is CCN(CC)C(=O)CN(C)C(=O)c1ccc2[nH]ccc2c1. The summed E-state index contributed by atoms with van der Waals surface area (Å²) in [4.78, 5) is 30.7. The topological polar surface area (TPSA) is 56.4 Å². The van der Waals surface area contributed by atoms with Crippen LogP contribution in [0.2, 0.25) is 0 Å². The number of nitrogens with one attached hydrogen (secondary N) is 1. The third kappa shape index (κ3) is 3.24. The summed E-state index contributed by atoms with van der Waals surface area (Å²) in [6, 6.07) is 7.42. The monoisotopic (exact) mass is 287 g/mol. The van der Waals surface area contributed by atoms with Crippen molar-refractivity contribution in [2.75, 3.05) is 26.7 Å². The van der Waals surface area contributed by atoms with Crippen molar-refractivity contribution in [2.45, 2.75) is 13.8 Å². The summed E-state index contributed by atoms with van der Waals surface area (Å²) < 4.78 is 0. The van der Waals surface area contributed by atoms with Crippen LogP contribution in [0.4, 0.5) is 0 Å². The van der Waals surface area contributed by atoms with Crippen LogP contribution in [0.5, 0.6) is 0 Å². The zero-order chi connectivity index (χ0) is 15.4. The standard InChI is InChI=1S/C16H21N3O2/c1-4-19(5-2)15(20)11-18(3)16(21)13-6-7-14-12(10-13)8-9-17-14/h6-10,17H,4-5,11H2,1-3H3. The predicted molar refractivity (Wildman–Crippen MR) is 83.2 cm³/mol. The van der Waals surface area contributed by atoms with Gasteiger partial charge in [-0.2, -0.15) is 0 Å². The smallest absolute Gasteiger partial charge is 0.254 e. The second-order valence-electron chi connectivity index (χ2n) is 5.01. The second kappa shape index (κ2) is 6.43. The number of fused-ring (bicyclic) bond motifs is 1. The summed E-state index contributed by atoms with van der Waals surface area (Å²) in [7, 11) is 1.66. The van der Waals surface area contributed by atoms with E-state index >= 15 is 0 Å². The molecule has 5 nitrogen and oxygen atoms in total. The number of aromatic amines is 1. The molecule has 0 bridgehead atoms. The largest absolute Gasteiger partial charge is 0.361 e. The fourth-order valence-corrected chi connectivity index (χ4v) is 2.36. The molecule has 0 aliphatic heterocycles. The van der Waals surface area contributed by atoms with Gasteiger partial charge in [0.2, 0.25) is 5.91 Å². The average molecular weight is 287 g/mol. The number of carbonyl (C=O) groups is 2. The Kier molecular flexibility index (Phi) is 4.62. The third-order valence-electron chi connectivity index (χ3n) is 3.64. The molecule has 1 heterocycles. The van der Waals surface area contributed by atoms with E-state index in [0.717, 1.165) is 10.9 Å². The molecule has 5 heteroatoms. The van der Waals surface area contributed by atoms with E-state index < -0.39 is 0 Å². The van der Waals surface area contributed by atoms with Gasteiger partial charge in [0.15, 0.2) is 0 Å². The molecule has 0 unspecified atom stereocenters. The second-order valence-corrected chi connectivity index (χ2v) is 5.01. The number of likely N-dealkylation sites (N-methyl/N-ethyl adjacent to an activating group) is 2. The van der Waals surface area contributed by atoms with Crippen molar-refractivity contribution in [3.05, 3.63) is 36.0 Å². The number of aromatic nitrogens is 1. The van der Waals surface area contributed by atoms with Crippen LogP contribution in [-0.4, -0.2) is 53.3 Å². The lowest BCUT2D eigenvalue weighted by molar-refractivity contribution is -0.131. The first-order valence-electron chi connectivity index (χ1n) is 7.17. The molecule has 0 aliphatic carbocycles. The van der Waals surface area contributed by atoms with Crippen LogP contribution in [0.15, 0.2) is 30.5 Å². The molecule has 0 spiro atoms. The van der Waals surface area contributed by atoms with Crippen molar-refractivity contribution >= 4 is 22.7 Å². The molecule has 0 aliphatic rings. The van der Waals surface area contributed by atoms with E-state index in [1.54, 1.807) is 18.0 Å². The molecule has 1 aromatic heterocycles. The lowest BCUT2D eigenvalue weighted by Gasteiger charge is -2.23. The van der Waals surface area contributed by atoms with Crippen LogP contribution in [0, 0.1) is 0 Å². The number of carbonyl (C=O) groups excluding carboxylic acids is 2. The molecule has 0 saturated carbocycles. The molecule has 21 heavy (non-hydrogen) atoms. The molecule has 0 atom stereocenters. The summed E-state index contributed by atoms with van der Waals surface area (Å²) in [5, 5.41) is 0.990. The highest BCUT2D eigenvalue weighted by molar-refractivity contribution is 5.99. The van der Waals surface area contributed by atoms with E-state index in [9.17, 15) is 9.59 Å². The Labute approximate surface area is 124 Å². The summed E-state index contributed by atoms with van der Waals surface area (Å²) in [5.74, 6) is -0.169. The first-order valence-corrected chi connectivity index (χ1v) is 7.17. The highest BCUT2D eigenvalue weighted by atomic mass is 16.2. The van der Waals surface area contributed by atoms with E-state index in [0.29, 0.717) is 18.7 Å². The quantitative estimate of drug-likeness (QED) is 0.915. The Hall–Kier alpha value is -2.30. The molecule has 0 saturated heterocycles. The number of hydrogen-bond acceptors (Lipinski definition) is 2. The summed E-state index contributed by atoms with van der Waals surface area (Å²) in [6.45, 7) is 5.29. The van der Waals surface area contributed by atoms with Gasteiger partial charge in [-0.25, -0.2) is 0 Å². The molecule has 0 fully saturated rings. The van der Waals surface area contributed by atoms with Crippen molar-refractivity contribution in [3.63, 3.8) is 0 Å². The third-order valence-corrected chi connectivity index (χ3v) is 3.64. The van der Waals surface area contributed by atoms with E-state index in [1.807, 2.05) is 38.2 Å². The first-order chi connectivity index (χ1) is 10.1. The fourth-order valence-electron chi connectivity index (χ4n) is 2.36. The zero-order valence-corrected chi connectivity index (χ0v) is 12.7. The normalized spacial score (nSPS) is 10.6. The van der Waals surface area contributed by atoms with Gasteiger partial charge in [-0.05, 0) is 38.1 Å². The molecule has 2 amide bonds. The van der Waals surface area contributed by atoms with Gasteiger partial charge in [-0.3, -0.25) is 9.59 Å². The maximum absolute atomic E-state index is 12.4. The number of rotatable bonds is 5. The lowest BCUT2D eigenvalue weighted by Crippen LogP contribution is -2.41. The van der Waals surface area contributed by atoms with Gasteiger partial charge < -0.3 is 14.8 Å². The number of hydrogen-bond donors (Lipinski definition) is 1. The van der Waals surface area contributed by atoms with Gasteiger partial charge >= 0.3 is 0 Å². The molecule has 112 valence electrons. The van der Waals surface area contributed by atoms with Crippen LogP contribution >= 0.6 is 0 Å². The molecule has 1 N–H and O–H groups in total. The molecule has 2 aromatic rings. The number of benzene rings is 1. The zero-order valence-electron chi connectivity index (χ0n) is 12.7. The fraction of sp³-hybridized carbons (Fsp3) is 0.375. The Balaban J connectivity index is 2.09. The van der Waals surface area contributed by atoms with E-state index in [-0.39, 0.29) is 18.4 Å². The maximum atomic E-state index is 12.4. The molecule has 1 aromatic carbocycles. The van der Waals surface area contributed by atoms with Crippen LogP contribution in [-0.2, 0) is 4.79 Å². The van der Waals surface area contributed by atoms with Crippen molar-refractivity contribution in [1.29, 1.82) is 0 Å². The van der Waals surface area contributed by atoms with Gasteiger partial charge in [0.25, 0.3) is 5.91 Å². The van der Waals surface area contributed by atoms with E-state index in [1.165, 1.54) is 4.90 Å². The van der Waals surface area contributed by atoms with Gasteiger partial charge in [0.05, 0.1) is 6.54 Å². The van der Waals surface area contributed by atoms with E-state index in [2.05, 4.69) is 4.98 Å². The Morgan fingerprint density at radius 1 is 1.14 bits per heavy atom. The molecular formula is C16H21N3O2. The van der Waals surface area contributed by atoms with Crippen LogP contribution < -0.4 is 0 Å². The molecule has 0 radical (unpaired) electrons. The minimum atomic E-state index is -0.140. The Morgan fingerprint density at radius 3 is 2.52 bits per heavy atom. The van der Waals surface area contributed by atoms with Gasteiger partial charge in [-0.15, -0.1) is 0 Å². The van der Waals surface area contributed by atoms with Gasteiger partial charge in [0.1, 0.15) is 0 Å². The van der Waals surface area contributed by atoms with Crippen LogP contribution in [0.1, 0.15) is 24.2 Å². The number of amides is 2. The van der Waals surface area contributed by atoms with E-state index in [4.69, 9.17) is 0 Å². The predicted octanol–water partition coefficient (Wildman–Crippen LogP) is 2.11. The van der Waals surface area contributed by atoms with Gasteiger partial charge in [0, 0.05) is 42.8 Å².